The highest BCUT2D eigenvalue weighted by atomic mass is 16.3. The molecule has 1 amide bonds. The summed E-state index contributed by atoms with van der Waals surface area (Å²) in [6.45, 7) is 8.67. The maximum atomic E-state index is 12.0. The topological polar surface area (TPSA) is 54.3 Å². The average Bonchev–Trinajstić information content (AvgIpc) is 2.63. The lowest BCUT2D eigenvalue weighted by Crippen LogP contribution is -2.62. The van der Waals surface area contributed by atoms with Crippen molar-refractivity contribution >= 4 is 5.91 Å². The molecule has 0 bridgehead atoms. The summed E-state index contributed by atoms with van der Waals surface area (Å²) in [6.07, 6.45) is 3.36. The molecule has 1 aromatic rings. The zero-order valence-corrected chi connectivity index (χ0v) is 11.5. The number of rotatable bonds is 2. The second-order valence-electron chi connectivity index (χ2n) is 6.45. The monoisotopic (exact) mass is 250 g/mol. The average molecular weight is 250 g/mol. The molecule has 0 radical (unpaired) electrons. The van der Waals surface area contributed by atoms with Crippen LogP contribution in [-0.4, -0.2) is 23.0 Å². The Balaban J connectivity index is 2.03. The molecule has 1 fully saturated rings. The van der Waals surface area contributed by atoms with Crippen LogP contribution in [-0.2, 0) is 0 Å². The second-order valence-corrected chi connectivity index (χ2v) is 6.45. The Morgan fingerprint density at radius 3 is 2.44 bits per heavy atom. The van der Waals surface area contributed by atoms with Gasteiger partial charge in [0, 0.05) is 17.1 Å². The maximum absolute atomic E-state index is 12.0. The van der Waals surface area contributed by atoms with Crippen molar-refractivity contribution in [3.05, 3.63) is 24.2 Å². The predicted molar refractivity (Wildman–Crippen MR) is 70.5 cm³/mol. The third-order valence-electron chi connectivity index (χ3n) is 3.27. The lowest BCUT2D eigenvalue weighted by molar-refractivity contribution is 0.0846. The summed E-state index contributed by atoms with van der Waals surface area (Å²) in [6, 6.07) is 3.59. The van der Waals surface area contributed by atoms with E-state index in [4.69, 9.17) is 4.42 Å². The van der Waals surface area contributed by atoms with Crippen LogP contribution in [0, 0.1) is 0 Å². The van der Waals surface area contributed by atoms with Gasteiger partial charge in [-0.2, -0.15) is 0 Å². The number of carbonyl (C=O) groups excluding carboxylic acids is 1. The van der Waals surface area contributed by atoms with Crippen LogP contribution in [0.5, 0.6) is 0 Å². The molecule has 1 aromatic heterocycles. The number of hydrogen-bond acceptors (Lipinski definition) is 3. The van der Waals surface area contributed by atoms with Crippen molar-refractivity contribution in [3.8, 4) is 0 Å². The van der Waals surface area contributed by atoms with Crippen LogP contribution in [0.4, 0.5) is 0 Å². The van der Waals surface area contributed by atoms with E-state index < -0.39 is 0 Å². The van der Waals surface area contributed by atoms with Crippen LogP contribution in [0.1, 0.15) is 51.1 Å². The fraction of sp³-hybridized carbons (Fsp3) is 0.643. The molecule has 4 nitrogen and oxygen atoms in total. The van der Waals surface area contributed by atoms with Gasteiger partial charge in [0.15, 0.2) is 5.76 Å². The molecule has 0 unspecified atom stereocenters. The Hall–Kier alpha value is -1.29. The molecule has 0 aliphatic carbocycles. The van der Waals surface area contributed by atoms with Crippen LogP contribution in [0.2, 0.25) is 0 Å². The molecule has 2 rings (SSSR count). The highest BCUT2D eigenvalue weighted by Crippen LogP contribution is 2.28. The number of furan rings is 1. The lowest BCUT2D eigenvalue weighted by Gasteiger charge is -2.46. The van der Waals surface area contributed by atoms with Crippen LogP contribution >= 0.6 is 0 Å². The van der Waals surface area contributed by atoms with Gasteiger partial charge in [-0.15, -0.1) is 0 Å². The second kappa shape index (κ2) is 4.43. The first-order valence-corrected chi connectivity index (χ1v) is 6.41. The molecular formula is C14H22N2O2. The third kappa shape index (κ3) is 3.13. The van der Waals surface area contributed by atoms with Gasteiger partial charge in [-0.1, -0.05) is 0 Å². The minimum absolute atomic E-state index is 0.0306. The molecule has 1 saturated heterocycles. The molecule has 0 spiro atoms. The number of piperidine rings is 1. The number of amides is 1. The van der Waals surface area contributed by atoms with E-state index >= 15 is 0 Å². The van der Waals surface area contributed by atoms with E-state index in [1.807, 2.05) is 0 Å². The van der Waals surface area contributed by atoms with E-state index in [0.717, 1.165) is 12.8 Å². The van der Waals surface area contributed by atoms with E-state index in [-0.39, 0.29) is 23.0 Å². The number of carbonyl (C=O) groups is 1. The molecule has 1 aliphatic rings. The van der Waals surface area contributed by atoms with Crippen molar-refractivity contribution in [1.29, 1.82) is 0 Å². The van der Waals surface area contributed by atoms with E-state index in [9.17, 15) is 4.79 Å². The summed E-state index contributed by atoms with van der Waals surface area (Å²) in [5.74, 6) is 0.252. The highest BCUT2D eigenvalue weighted by molar-refractivity contribution is 5.91. The lowest BCUT2D eigenvalue weighted by atomic mass is 9.79. The van der Waals surface area contributed by atoms with E-state index in [2.05, 4.69) is 38.3 Å². The van der Waals surface area contributed by atoms with Crippen molar-refractivity contribution < 1.29 is 9.21 Å². The standard InChI is InChI=1S/C14H22N2O2/c1-13(2)8-10(9-14(3,4)16-13)15-12(17)11-6-5-7-18-11/h5-7,10,16H,8-9H2,1-4H3,(H,15,17). The van der Waals surface area contributed by atoms with Gasteiger partial charge in [-0.3, -0.25) is 4.79 Å². The molecule has 1 aliphatic heterocycles. The number of nitrogens with one attached hydrogen (secondary N) is 2. The van der Waals surface area contributed by atoms with E-state index in [1.165, 1.54) is 6.26 Å². The molecule has 100 valence electrons. The molecule has 18 heavy (non-hydrogen) atoms. The summed E-state index contributed by atoms with van der Waals surface area (Å²) >= 11 is 0. The first-order chi connectivity index (χ1) is 8.27. The van der Waals surface area contributed by atoms with Crippen molar-refractivity contribution in [2.45, 2.75) is 57.7 Å². The molecular weight excluding hydrogens is 228 g/mol. The Morgan fingerprint density at radius 1 is 1.33 bits per heavy atom. The van der Waals surface area contributed by atoms with Crippen molar-refractivity contribution in [2.24, 2.45) is 0 Å². The summed E-state index contributed by atoms with van der Waals surface area (Å²) in [4.78, 5) is 12.0. The quantitative estimate of drug-likeness (QED) is 0.847. The van der Waals surface area contributed by atoms with Gasteiger partial charge in [0.1, 0.15) is 0 Å². The van der Waals surface area contributed by atoms with Crippen molar-refractivity contribution in [1.82, 2.24) is 10.6 Å². The van der Waals surface area contributed by atoms with Gasteiger partial charge in [-0.25, -0.2) is 0 Å². The SMILES string of the molecule is CC1(C)CC(NC(=O)c2ccco2)CC(C)(C)N1. The van der Waals surface area contributed by atoms with Crippen molar-refractivity contribution in [3.63, 3.8) is 0 Å². The number of hydrogen-bond donors (Lipinski definition) is 2. The maximum Gasteiger partial charge on any atom is 0.287 e. The zero-order valence-electron chi connectivity index (χ0n) is 11.5. The summed E-state index contributed by atoms with van der Waals surface area (Å²) in [5, 5.41) is 6.66. The largest absolute Gasteiger partial charge is 0.459 e. The van der Waals surface area contributed by atoms with E-state index in [1.54, 1.807) is 12.1 Å². The summed E-state index contributed by atoms with van der Waals surface area (Å²) in [7, 11) is 0. The molecule has 4 heteroatoms. The van der Waals surface area contributed by atoms with Crippen LogP contribution in [0.15, 0.2) is 22.8 Å². The molecule has 2 N–H and O–H groups in total. The first-order valence-electron chi connectivity index (χ1n) is 6.41. The minimum atomic E-state index is -0.126. The summed E-state index contributed by atoms with van der Waals surface area (Å²) < 4.78 is 5.11. The first kappa shape index (κ1) is 13.1. The van der Waals surface area contributed by atoms with Gasteiger partial charge in [0.05, 0.1) is 6.26 Å². The smallest absolute Gasteiger partial charge is 0.287 e. The molecule has 0 atom stereocenters. The minimum Gasteiger partial charge on any atom is -0.459 e. The molecule has 2 heterocycles. The van der Waals surface area contributed by atoms with Crippen LogP contribution < -0.4 is 10.6 Å². The highest BCUT2D eigenvalue weighted by Gasteiger charge is 2.38. The molecule has 0 saturated carbocycles. The van der Waals surface area contributed by atoms with Gasteiger partial charge in [0.25, 0.3) is 5.91 Å². The fourth-order valence-electron chi connectivity index (χ4n) is 3.09. The van der Waals surface area contributed by atoms with Gasteiger partial charge >= 0.3 is 0 Å². The Kier molecular flexibility index (Phi) is 3.23. The Bertz CT molecular complexity index is 405. The predicted octanol–water partition coefficient (Wildman–Crippen LogP) is 2.32. The Labute approximate surface area is 108 Å². The van der Waals surface area contributed by atoms with Crippen LogP contribution in [0.3, 0.4) is 0 Å². The zero-order chi connectivity index (χ0) is 13.4. The fourth-order valence-corrected chi connectivity index (χ4v) is 3.09. The van der Waals surface area contributed by atoms with Crippen molar-refractivity contribution in [2.75, 3.05) is 0 Å². The normalized spacial score (nSPS) is 22.7. The summed E-state index contributed by atoms with van der Waals surface area (Å²) in [5.41, 5.74) is 0.0612. The third-order valence-corrected chi connectivity index (χ3v) is 3.27. The van der Waals surface area contributed by atoms with Gasteiger partial charge in [-0.05, 0) is 52.7 Å². The molecule has 0 aromatic carbocycles. The van der Waals surface area contributed by atoms with Gasteiger partial charge in [0.2, 0.25) is 0 Å². The van der Waals surface area contributed by atoms with Crippen LogP contribution in [0.25, 0.3) is 0 Å². The van der Waals surface area contributed by atoms with E-state index in [0.29, 0.717) is 5.76 Å². The Morgan fingerprint density at radius 2 is 1.94 bits per heavy atom. The van der Waals surface area contributed by atoms with Gasteiger partial charge < -0.3 is 15.1 Å².